The highest BCUT2D eigenvalue weighted by atomic mass is 32.1. The van der Waals surface area contributed by atoms with Crippen molar-refractivity contribution in [1.82, 2.24) is 9.88 Å². The van der Waals surface area contributed by atoms with Crippen LogP contribution in [0.1, 0.15) is 32.1 Å². The molecule has 2 unspecified atom stereocenters. The van der Waals surface area contributed by atoms with Gasteiger partial charge in [-0.15, -0.1) is 11.3 Å². The molecule has 3 aromatic rings. The van der Waals surface area contributed by atoms with E-state index in [0.29, 0.717) is 40.9 Å². The molecule has 1 saturated carbocycles. The van der Waals surface area contributed by atoms with E-state index in [-0.39, 0.29) is 17.1 Å². The summed E-state index contributed by atoms with van der Waals surface area (Å²) >= 11 is 1.49. The molecule has 8 heteroatoms. The van der Waals surface area contributed by atoms with E-state index >= 15 is 0 Å². The monoisotopic (exact) mass is 436 g/mol. The van der Waals surface area contributed by atoms with Gasteiger partial charge >= 0.3 is 0 Å². The Bertz CT molecular complexity index is 1320. The van der Waals surface area contributed by atoms with E-state index in [0.717, 1.165) is 27.9 Å². The predicted molar refractivity (Wildman–Crippen MR) is 116 cm³/mol. The highest BCUT2D eigenvalue weighted by Gasteiger charge is 2.67. The van der Waals surface area contributed by atoms with Gasteiger partial charge in [-0.25, -0.2) is 0 Å². The van der Waals surface area contributed by atoms with Gasteiger partial charge in [-0.2, -0.15) is 0 Å². The van der Waals surface area contributed by atoms with Crippen LogP contribution in [0.3, 0.4) is 0 Å². The van der Waals surface area contributed by atoms with Crippen LogP contribution < -0.4 is 14.2 Å². The number of nitrogens with zero attached hydrogens (tertiary/aromatic N) is 1. The first-order chi connectivity index (χ1) is 15.0. The molecule has 0 bridgehead atoms. The molecule has 1 aliphatic heterocycles. The largest absolute Gasteiger partial charge is 0.493 e. The average molecular weight is 436 g/mol. The van der Waals surface area contributed by atoms with Gasteiger partial charge < -0.3 is 24.1 Å². The third kappa shape index (κ3) is 2.23. The Balaban J connectivity index is 1.43. The number of ketones is 1. The maximum Gasteiger partial charge on any atom is 0.274 e. The van der Waals surface area contributed by atoms with Crippen molar-refractivity contribution in [3.8, 4) is 17.2 Å². The minimum Gasteiger partial charge on any atom is -0.493 e. The number of piperidine rings is 1. The predicted octanol–water partition coefficient (Wildman–Crippen LogP) is 3.75. The number of hydrogen-bond donors (Lipinski definition) is 1. The number of likely N-dealkylation sites (tertiary alicyclic amines) is 1. The maximum atomic E-state index is 13.5. The number of ether oxygens (including phenoxy) is 3. The van der Waals surface area contributed by atoms with Crippen molar-refractivity contribution in [1.29, 1.82) is 0 Å². The summed E-state index contributed by atoms with van der Waals surface area (Å²) in [6.45, 7) is 0.617. The lowest BCUT2D eigenvalue weighted by atomic mass is 9.86. The summed E-state index contributed by atoms with van der Waals surface area (Å²) in [5.74, 6) is 1.67. The quantitative estimate of drug-likeness (QED) is 0.674. The second-order valence-corrected chi connectivity index (χ2v) is 9.05. The normalized spacial score (nSPS) is 23.2. The molecule has 2 fully saturated rings. The molecule has 1 amide bonds. The van der Waals surface area contributed by atoms with Gasteiger partial charge in [0.1, 0.15) is 5.69 Å². The van der Waals surface area contributed by atoms with Crippen LogP contribution in [0.15, 0.2) is 35.4 Å². The lowest BCUT2D eigenvalue weighted by molar-refractivity contribution is 0.0806. The molecule has 1 aromatic carbocycles. The summed E-state index contributed by atoms with van der Waals surface area (Å²) in [7, 11) is 4.65. The molecule has 2 aromatic heterocycles. The molecular weight excluding hydrogens is 416 g/mol. The molecule has 3 aliphatic rings. The number of benzene rings is 1. The summed E-state index contributed by atoms with van der Waals surface area (Å²) in [6.07, 6.45) is 2.66. The van der Waals surface area contributed by atoms with Crippen LogP contribution in [0.5, 0.6) is 17.2 Å². The molecule has 2 aliphatic carbocycles. The lowest BCUT2D eigenvalue weighted by Crippen LogP contribution is -2.33. The van der Waals surface area contributed by atoms with Crippen LogP contribution in [0.4, 0.5) is 0 Å². The fourth-order valence-corrected chi connectivity index (χ4v) is 6.23. The smallest absolute Gasteiger partial charge is 0.274 e. The van der Waals surface area contributed by atoms with Gasteiger partial charge in [-0.05, 0) is 41.5 Å². The Labute approximate surface area is 182 Å². The number of carbonyl (C=O) groups is 2. The van der Waals surface area contributed by atoms with Crippen LogP contribution >= 0.6 is 11.3 Å². The summed E-state index contributed by atoms with van der Waals surface area (Å²) in [6, 6.07) is 5.65. The fraction of sp³-hybridized carbons (Fsp3) is 0.304. The van der Waals surface area contributed by atoms with Crippen LogP contribution in [0.25, 0.3) is 10.9 Å². The highest BCUT2D eigenvalue weighted by molar-refractivity contribution is 7.12. The number of carbonyl (C=O) groups excluding carboxylic acids is 2. The average Bonchev–Trinajstić information content (AvgIpc) is 3.16. The van der Waals surface area contributed by atoms with E-state index in [1.807, 2.05) is 17.5 Å². The number of rotatable bonds is 4. The number of amides is 1. The molecular formula is C23H20N2O5S. The number of aromatic amines is 1. The third-order valence-corrected chi connectivity index (χ3v) is 7.72. The molecule has 1 N–H and O–H groups in total. The van der Waals surface area contributed by atoms with E-state index in [2.05, 4.69) is 4.98 Å². The van der Waals surface area contributed by atoms with E-state index in [9.17, 15) is 9.59 Å². The minimum atomic E-state index is -0.172. The first kappa shape index (κ1) is 18.5. The van der Waals surface area contributed by atoms with Crippen LogP contribution in [0, 0.1) is 5.92 Å². The Morgan fingerprint density at radius 2 is 2.00 bits per heavy atom. The van der Waals surface area contributed by atoms with Gasteiger partial charge in [0.2, 0.25) is 5.75 Å². The van der Waals surface area contributed by atoms with Gasteiger partial charge in [-0.1, -0.05) is 0 Å². The highest BCUT2D eigenvalue weighted by Crippen LogP contribution is 2.67. The fourth-order valence-electron chi connectivity index (χ4n) is 5.34. The van der Waals surface area contributed by atoms with Crippen molar-refractivity contribution in [2.24, 2.45) is 5.92 Å². The van der Waals surface area contributed by atoms with Crippen molar-refractivity contribution < 1.29 is 23.8 Å². The van der Waals surface area contributed by atoms with Gasteiger partial charge in [0.15, 0.2) is 17.3 Å². The number of H-pyrrole nitrogens is 1. The van der Waals surface area contributed by atoms with Crippen molar-refractivity contribution in [3.05, 3.63) is 51.5 Å². The van der Waals surface area contributed by atoms with Crippen LogP contribution in [-0.4, -0.2) is 49.4 Å². The number of allylic oxidation sites excluding steroid dienone is 2. The third-order valence-electron chi connectivity index (χ3n) is 6.79. The van der Waals surface area contributed by atoms with Gasteiger partial charge in [0.25, 0.3) is 5.91 Å². The van der Waals surface area contributed by atoms with E-state index < -0.39 is 0 Å². The SMILES string of the molecule is COc1cc2cc(C(=O)N3CC4CC45C3=CC(=O)c3sccc35)[nH]c2c(OC)c1OC. The number of hydrogen-bond acceptors (Lipinski definition) is 6. The first-order valence-electron chi connectivity index (χ1n) is 10.0. The van der Waals surface area contributed by atoms with Crippen molar-refractivity contribution in [2.45, 2.75) is 11.8 Å². The Morgan fingerprint density at radius 1 is 1.19 bits per heavy atom. The molecule has 158 valence electrons. The lowest BCUT2D eigenvalue weighted by Gasteiger charge is -2.27. The molecule has 1 saturated heterocycles. The summed E-state index contributed by atoms with van der Waals surface area (Å²) in [5.41, 5.74) is 2.85. The van der Waals surface area contributed by atoms with Gasteiger partial charge in [-0.3, -0.25) is 9.59 Å². The first-order valence-corrected chi connectivity index (χ1v) is 10.9. The number of nitrogens with one attached hydrogen (secondary N) is 1. The second kappa shape index (κ2) is 6.13. The van der Waals surface area contributed by atoms with Gasteiger partial charge in [0.05, 0.1) is 31.7 Å². The minimum absolute atomic E-state index is 0.0104. The van der Waals surface area contributed by atoms with Crippen molar-refractivity contribution in [3.63, 3.8) is 0 Å². The summed E-state index contributed by atoms with van der Waals surface area (Å²) in [4.78, 5) is 32.0. The topological polar surface area (TPSA) is 80.9 Å². The molecule has 6 rings (SSSR count). The van der Waals surface area contributed by atoms with Crippen LogP contribution in [-0.2, 0) is 5.41 Å². The number of aromatic nitrogens is 1. The molecule has 7 nitrogen and oxygen atoms in total. The molecule has 31 heavy (non-hydrogen) atoms. The standard InChI is InChI=1S/C23H20N2O5S/c1-28-16-7-11-6-14(24-18(11)20(30-3)19(16)29-2)22(27)25-10-12-9-23(12)13-4-5-31-21(13)15(26)8-17(23)25/h4-8,12,24H,9-10H2,1-3H3. The molecule has 0 radical (unpaired) electrons. The van der Waals surface area contributed by atoms with Crippen LogP contribution in [0.2, 0.25) is 0 Å². The number of methoxy groups -OCH3 is 3. The zero-order valence-electron chi connectivity index (χ0n) is 17.3. The Morgan fingerprint density at radius 3 is 2.74 bits per heavy atom. The van der Waals surface area contributed by atoms with E-state index in [1.165, 1.54) is 11.3 Å². The van der Waals surface area contributed by atoms with Crippen molar-refractivity contribution >= 4 is 33.9 Å². The zero-order chi connectivity index (χ0) is 21.5. The second-order valence-electron chi connectivity index (χ2n) is 8.14. The van der Waals surface area contributed by atoms with Crippen molar-refractivity contribution in [2.75, 3.05) is 27.9 Å². The maximum absolute atomic E-state index is 13.5. The summed E-state index contributed by atoms with van der Waals surface area (Å²) in [5, 5.41) is 2.75. The zero-order valence-corrected chi connectivity index (χ0v) is 18.1. The molecule has 2 atom stereocenters. The molecule has 1 spiro atoms. The number of fused-ring (bicyclic) bond motifs is 2. The molecule has 3 heterocycles. The van der Waals surface area contributed by atoms with Gasteiger partial charge in [0, 0.05) is 29.1 Å². The summed E-state index contributed by atoms with van der Waals surface area (Å²) < 4.78 is 16.4. The number of thiophene rings is 1. The van der Waals surface area contributed by atoms with E-state index in [4.69, 9.17) is 14.2 Å². The Hall–Kier alpha value is -3.26. The van der Waals surface area contributed by atoms with E-state index in [1.54, 1.807) is 38.4 Å². The Kier molecular flexibility index (Phi) is 3.66.